The first-order chi connectivity index (χ1) is 12.7. The van der Waals surface area contributed by atoms with Crippen LogP contribution in [0.15, 0.2) is 10.2 Å². The summed E-state index contributed by atoms with van der Waals surface area (Å²) in [6, 6.07) is 2.62. The molecule has 4 heteroatoms. The summed E-state index contributed by atoms with van der Waals surface area (Å²) in [5.74, 6) is 5.44. The molecule has 8 rings (SSSR count). The van der Waals surface area contributed by atoms with E-state index in [2.05, 4.69) is 50.9 Å². The fourth-order valence-electron chi connectivity index (χ4n) is 8.89. The number of azo groups is 4. The van der Waals surface area contributed by atoms with Gasteiger partial charge in [-0.1, -0.05) is 0 Å². The SMILES string of the molecule is CC(C)(C)[N+]1=N[C@H]2CC[C@@H]1[C@@H]1C3CC([C@@H]4[C@H]3[C@@H]3CC[C@H]4N=[N+]3C(C)(C)C)[C@@H]12. The van der Waals surface area contributed by atoms with E-state index >= 15 is 0 Å². The zero-order valence-corrected chi connectivity index (χ0v) is 18.1. The minimum Gasteiger partial charge on any atom is -0.120 e. The van der Waals surface area contributed by atoms with E-state index < -0.39 is 0 Å². The molecule has 10 atom stereocenters. The van der Waals surface area contributed by atoms with Gasteiger partial charge in [-0.3, -0.25) is 0 Å². The molecular weight excluding hydrogens is 332 g/mol. The average Bonchev–Trinajstić information content (AvgIpc) is 3.21. The maximum absolute atomic E-state index is 5.33. The van der Waals surface area contributed by atoms with Gasteiger partial charge < -0.3 is 0 Å². The molecule has 0 aromatic carbocycles. The van der Waals surface area contributed by atoms with Gasteiger partial charge >= 0.3 is 0 Å². The molecule has 6 bridgehead atoms. The lowest BCUT2D eigenvalue weighted by Gasteiger charge is -2.54. The molecule has 0 aromatic heterocycles. The Balaban J connectivity index is 1.41. The summed E-state index contributed by atoms with van der Waals surface area (Å²) >= 11 is 0. The lowest BCUT2D eigenvalue weighted by Crippen LogP contribution is -2.64. The van der Waals surface area contributed by atoms with Crippen molar-refractivity contribution < 1.29 is 9.39 Å². The normalized spacial score (nSPS) is 52.5. The maximum Gasteiger partial charge on any atom is 0.182 e. The molecule has 0 saturated heterocycles. The molecule has 27 heavy (non-hydrogen) atoms. The van der Waals surface area contributed by atoms with E-state index in [1.807, 2.05) is 0 Å². The highest BCUT2D eigenvalue weighted by Gasteiger charge is 2.74. The number of rotatable bonds is 0. The van der Waals surface area contributed by atoms with E-state index in [1.54, 1.807) is 0 Å². The van der Waals surface area contributed by atoms with E-state index in [9.17, 15) is 0 Å². The van der Waals surface area contributed by atoms with Crippen LogP contribution in [0.4, 0.5) is 0 Å². The van der Waals surface area contributed by atoms with Gasteiger partial charge in [0.2, 0.25) is 0 Å². The fourth-order valence-corrected chi connectivity index (χ4v) is 8.89. The summed E-state index contributed by atoms with van der Waals surface area (Å²) in [6.07, 6.45) is 6.95. The van der Waals surface area contributed by atoms with Gasteiger partial charge in [0, 0.05) is 66.2 Å². The second-order valence-corrected chi connectivity index (χ2v) is 12.6. The van der Waals surface area contributed by atoms with Crippen LogP contribution in [0.3, 0.4) is 0 Å². The highest BCUT2D eigenvalue weighted by molar-refractivity contribution is 5.17. The van der Waals surface area contributed by atoms with Crippen molar-refractivity contribution >= 4 is 0 Å². The van der Waals surface area contributed by atoms with Crippen molar-refractivity contribution in [1.29, 1.82) is 0 Å². The van der Waals surface area contributed by atoms with Crippen LogP contribution in [0.2, 0.25) is 0 Å². The van der Waals surface area contributed by atoms with Crippen LogP contribution in [0.5, 0.6) is 0 Å². The van der Waals surface area contributed by atoms with Gasteiger partial charge in [-0.05, 0) is 53.2 Å². The molecule has 0 amide bonds. The van der Waals surface area contributed by atoms with Crippen LogP contribution < -0.4 is 0 Å². The molecule has 8 aliphatic rings. The second kappa shape index (κ2) is 5.02. The summed E-state index contributed by atoms with van der Waals surface area (Å²) in [4.78, 5) is 0. The van der Waals surface area contributed by atoms with Crippen LogP contribution in [0.25, 0.3) is 0 Å². The van der Waals surface area contributed by atoms with E-state index in [0.717, 1.165) is 35.5 Å². The number of nitrogens with zero attached hydrogens (tertiary/aromatic N) is 4. The smallest absolute Gasteiger partial charge is 0.120 e. The molecule has 4 fully saturated rings. The molecule has 0 spiro atoms. The summed E-state index contributed by atoms with van der Waals surface area (Å²) in [5, 5.41) is 10.7. The third-order valence-electron chi connectivity index (χ3n) is 9.25. The molecule has 2 unspecified atom stereocenters. The van der Waals surface area contributed by atoms with E-state index in [4.69, 9.17) is 10.2 Å². The Hall–Kier alpha value is -0.800. The minimum absolute atomic E-state index is 0.174. The predicted molar refractivity (Wildman–Crippen MR) is 104 cm³/mol. The fraction of sp³-hybridized carbons (Fsp3) is 1.00. The third-order valence-corrected chi connectivity index (χ3v) is 9.25. The molecule has 4 aliphatic heterocycles. The first kappa shape index (κ1) is 17.1. The molecule has 4 nitrogen and oxygen atoms in total. The van der Waals surface area contributed by atoms with Gasteiger partial charge in [0.1, 0.15) is 12.1 Å². The molecule has 4 saturated carbocycles. The summed E-state index contributed by atoms with van der Waals surface area (Å²) < 4.78 is 5.12. The van der Waals surface area contributed by atoms with Crippen molar-refractivity contribution in [3.63, 3.8) is 0 Å². The van der Waals surface area contributed by atoms with Gasteiger partial charge in [0.05, 0.1) is 0 Å². The van der Waals surface area contributed by atoms with Gasteiger partial charge in [-0.25, -0.2) is 0 Å². The topological polar surface area (TPSA) is 30.7 Å². The molecule has 148 valence electrons. The zero-order valence-electron chi connectivity index (χ0n) is 18.1. The number of fused-ring (bicyclic) bond motifs is 4. The Morgan fingerprint density at radius 3 is 1.41 bits per heavy atom. The highest BCUT2D eigenvalue weighted by atomic mass is 15.4. The van der Waals surface area contributed by atoms with Crippen molar-refractivity contribution in [1.82, 2.24) is 0 Å². The first-order valence-corrected chi connectivity index (χ1v) is 11.7. The Morgan fingerprint density at radius 2 is 1.00 bits per heavy atom. The summed E-state index contributed by atoms with van der Waals surface area (Å²) in [5.41, 5.74) is 0.349. The van der Waals surface area contributed by atoms with Crippen molar-refractivity contribution in [2.45, 2.75) is 109 Å². The summed E-state index contributed by atoms with van der Waals surface area (Å²) in [7, 11) is 0. The third kappa shape index (κ3) is 2.06. The lowest BCUT2D eigenvalue weighted by molar-refractivity contribution is -0.721. The lowest BCUT2D eigenvalue weighted by atomic mass is 9.54. The standard InChI is InChI=1S/C23H38N4/c1-22(2,3)26-16-9-7-14(24-26)18-12-11-13(20(16)18)21-17-10-8-15(19(12)21)25-27(17)23(4,5)6/h12-21H,7-11H2,1-6H3/q+2/t12?,13?,14-,15+,16+,17-,18+,19-,20-,21+. The van der Waals surface area contributed by atoms with E-state index in [1.165, 1.54) is 32.1 Å². The average molecular weight is 371 g/mol. The molecule has 4 heterocycles. The number of hydrogen-bond acceptors (Lipinski definition) is 2. The van der Waals surface area contributed by atoms with Crippen LogP contribution in [-0.2, 0) is 0 Å². The highest BCUT2D eigenvalue weighted by Crippen LogP contribution is 2.69. The van der Waals surface area contributed by atoms with Crippen molar-refractivity contribution in [2.75, 3.05) is 0 Å². The molecule has 0 N–H and O–H groups in total. The maximum atomic E-state index is 5.33. The van der Waals surface area contributed by atoms with Crippen LogP contribution in [0, 0.1) is 35.5 Å². The largest absolute Gasteiger partial charge is 0.182 e. The Morgan fingerprint density at radius 1 is 0.593 bits per heavy atom. The Bertz CT molecular complexity index is 678. The van der Waals surface area contributed by atoms with Crippen LogP contribution >= 0.6 is 0 Å². The molecule has 0 radical (unpaired) electrons. The van der Waals surface area contributed by atoms with Gasteiger partial charge in [0.25, 0.3) is 0 Å². The van der Waals surface area contributed by atoms with E-state index in [0.29, 0.717) is 24.2 Å². The zero-order chi connectivity index (χ0) is 18.9. The van der Waals surface area contributed by atoms with Crippen LogP contribution in [-0.4, -0.2) is 44.6 Å². The monoisotopic (exact) mass is 370 g/mol. The van der Waals surface area contributed by atoms with E-state index in [-0.39, 0.29) is 11.1 Å². The van der Waals surface area contributed by atoms with Gasteiger partial charge in [-0.2, -0.15) is 0 Å². The van der Waals surface area contributed by atoms with Crippen molar-refractivity contribution in [3.05, 3.63) is 0 Å². The first-order valence-electron chi connectivity index (χ1n) is 11.7. The predicted octanol–water partition coefficient (Wildman–Crippen LogP) is 4.72. The molecule has 0 aromatic rings. The minimum atomic E-state index is 0.174. The Kier molecular flexibility index (Phi) is 3.18. The second-order valence-electron chi connectivity index (χ2n) is 12.6. The van der Waals surface area contributed by atoms with Crippen molar-refractivity contribution in [2.24, 2.45) is 45.7 Å². The van der Waals surface area contributed by atoms with Gasteiger partial charge in [0.15, 0.2) is 23.2 Å². The van der Waals surface area contributed by atoms with Crippen LogP contribution in [0.1, 0.15) is 73.6 Å². The Labute approximate surface area is 164 Å². The summed E-state index contributed by atoms with van der Waals surface area (Å²) in [6.45, 7) is 14.2. The molecule has 4 aliphatic carbocycles. The number of hydrogen-bond donors (Lipinski definition) is 0. The quantitative estimate of drug-likeness (QED) is 0.553. The molecular formula is C23H38N4+2. The van der Waals surface area contributed by atoms with Crippen molar-refractivity contribution in [3.8, 4) is 0 Å². The van der Waals surface area contributed by atoms with Gasteiger partial charge in [-0.15, -0.1) is 9.39 Å².